The van der Waals surface area contributed by atoms with Crippen molar-refractivity contribution in [1.29, 1.82) is 0 Å². The average molecular weight is 341 g/mol. The molecule has 0 aliphatic rings. The Morgan fingerprint density at radius 3 is 1.35 bits per heavy atom. The molecule has 0 aliphatic heterocycles. The number of rotatable bonds is 1. The molecule has 0 fully saturated rings. The van der Waals surface area contributed by atoms with E-state index in [1.165, 1.54) is 0 Å². The summed E-state index contributed by atoms with van der Waals surface area (Å²) in [6.07, 6.45) is 0. The van der Waals surface area contributed by atoms with Gasteiger partial charge in [-0.3, -0.25) is 0 Å². The predicted molar refractivity (Wildman–Crippen MR) is 108 cm³/mol. The fourth-order valence-corrected chi connectivity index (χ4v) is 1.38. The van der Waals surface area contributed by atoms with Gasteiger partial charge in [-0.25, -0.2) is 4.79 Å². The molecule has 0 bridgehead atoms. The van der Waals surface area contributed by atoms with Gasteiger partial charge in [0.15, 0.2) is 0 Å². The SMILES string of the molecule is CC.CC.CC.CC.Cc1ccc(C(=O)O)cc1.c1ccsc1. The van der Waals surface area contributed by atoms with Crippen LogP contribution in [-0.4, -0.2) is 11.1 Å². The van der Waals surface area contributed by atoms with Gasteiger partial charge in [-0.05, 0) is 29.8 Å². The Labute approximate surface area is 148 Å². The first-order valence-electron chi connectivity index (χ1n) is 8.47. The summed E-state index contributed by atoms with van der Waals surface area (Å²) >= 11 is 1.71. The summed E-state index contributed by atoms with van der Waals surface area (Å²) in [4.78, 5) is 10.3. The highest BCUT2D eigenvalue weighted by molar-refractivity contribution is 7.07. The molecule has 2 nitrogen and oxygen atoms in total. The minimum Gasteiger partial charge on any atom is -0.478 e. The lowest BCUT2D eigenvalue weighted by molar-refractivity contribution is 0.0697. The van der Waals surface area contributed by atoms with Crippen molar-refractivity contribution in [3.63, 3.8) is 0 Å². The van der Waals surface area contributed by atoms with Gasteiger partial charge in [0.05, 0.1) is 5.56 Å². The largest absolute Gasteiger partial charge is 0.478 e. The molecule has 1 heterocycles. The number of thiophene rings is 1. The molecule has 0 spiro atoms. The maximum absolute atomic E-state index is 10.3. The normalized spacial score (nSPS) is 6.83. The zero-order valence-corrected chi connectivity index (χ0v) is 17.2. The smallest absolute Gasteiger partial charge is 0.335 e. The van der Waals surface area contributed by atoms with Crippen LogP contribution in [0, 0.1) is 6.92 Å². The van der Waals surface area contributed by atoms with Gasteiger partial charge in [0.2, 0.25) is 0 Å². The predicted octanol–water partition coefficient (Wildman–Crippen LogP) is 7.55. The second-order valence-corrected chi connectivity index (χ2v) is 3.78. The van der Waals surface area contributed by atoms with Crippen LogP contribution in [0.3, 0.4) is 0 Å². The highest BCUT2D eigenvalue weighted by Gasteiger charge is 1.98. The van der Waals surface area contributed by atoms with E-state index in [0.29, 0.717) is 5.56 Å². The van der Waals surface area contributed by atoms with E-state index in [-0.39, 0.29) is 0 Å². The second-order valence-electron chi connectivity index (χ2n) is 2.96. The summed E-state index contributed by atoms with van der Waals surface area (Å²) in [6.45, 7) is 17.9. The van der Waals surface area contributed by atoms with Crippen LogP contribution >= 0.6 is 11.3 Å². The van der Waals surface area contributed by atoms with Crippen molar-refractivity contribution in [2.75, 3.05) is 0 Å². The van der Waals surface area contributed by atoms with E-state index in [1.807, 2.05) is 85.2 Å². The Kier molecular flexibility index (Phi) is 36.5. The Morgan fingerprint density at radius 2 is 1.13 bits per heavy atom. The molecule has 0 aliphatic carbocycles. The molecule has 0 atom stereocenters. The Hall–Kier alpha value is -1.61. The molecule has 23 heavy (non-hydrogen) atoms. The van der Waals surface area contributed by atoms with Gasteiger partial charge in [-0.2, -0.15) is 11.3 Å². The number of aryl methyl sites for hydroxylation is 1. The van der Waals surface area contributed by atoms with Crippen molar-refractivity contribution >= 4 is 17.3 Å². The summed E-state index contributed by atoms with van der Waals surface area (Å²) in [5.74, 6) is -0.875. The number of carbonyl (C=O) groups is 1. The van der Waals surface area contributed by atoms with E-state index in [0.717, 1.165) is 5.56 Å². The molecule has 0 saturated carbocycles. The zero-order chi connectivity index (χ0) is 19.1. The number of aromatic carboxylic acids is 1. The highest BCUT2D eigenvalue weighted by Crippen LogP contribution is 2.01. The summed E-state index contributed by atoms with van der Waals surface area (Å²) < 4.78 is 0. The lowest BCUT2D eigenvalue weighted by atomic mass is 10.2. The fraction of sp³-hybridized carbons (Fsp3) is 0.450. The summed E-state index contributed by atoms with van der Waals surface area (Å²) in [7, 11) is 0. The third-order valence-corrected chi connectivity index (χ3v) is 2.35. The Bertz CT molecular complexity index is 375. The monoisotopic (exact) mass is 340 g/mol. The maximum Gasteiger partial charge on any atom is 0.335 e. The molecule has 2 aromatic rings. The molecular formula is C20H36O2S. The number of carboxylic acids is 1. The van der Waals surface area contributed by atoms with Crippen LogP contribution < -0.4 is 0 Å². The fourth-order valence-electron chi connectivity index (χ4n) is 0.923. The molecule has 0 amide bonds. The van der Waals surface area contributed by atoms with Crippen LogP contribution in [0.4, 0.5) is 0 Å². The number of benzene rings is 1. The molecule has 1 aromatic heterocycles. The molecular weight excluding hydrogens is 304 g/mol. The van der Waals surface area contributed by atoms with Crippen molar-refractivity contribution in [2.24, 2.45) is 0 Å². The van der Waals surface area contributed by atoms with Crippen molar-refractivity contribution < 1.29 is 9.90 Å². The van der Waals surface area contributed by atoms with E-state index in [2.05, 4.69) is 0 Å². The molecule has 3 heteroatoms. The van der Waals surface area contributed by atoms with Crippen molar-refractivity contribution in [3.05, 3.63) is 58.3 Å². The van der Waals surface area contributed by atoms with Gasteiger partial charge in [-0.1, -0.05) is 85.2 Å². The van der Waals surface area contributed by atoms with E-state index in [1.54, 1.807) is 35.6 Å². The summed E-state index contributed by atoms with van der Waals surface area (Å²) in [6, 6.07) is 10.8. The third kappa shape index (κ3) is 22.8. The minimum absolute atomic E-state index is 0.339. The van der Waals surface area contributed by atoms with Crippen LogP contribution in [0.5, 0.6) is 0 Å². The number of hydrogen-bond acceptors (Lipinski definition) is 2. The highest BCUT2D eigenvalue weighted by atomic mass is 32.1. The Balaban J connectivity index is -0.000000118. The van der Waals surface area contributed by atoms with E-state index in [4.69, 9.17) is 5.11 Å². The average Bonchev–Trinajstić information content (AvgIpc) is 3.22. The zero-order valence-electron chi connectivity index (χ0n) is 16.4. The van der Waals surface area contributed by atoms with Gasteiger partial charge in [-0.15, -0.1) is 0 Å². The van der Waals surface area contributed by atoms with Crippen LogP contribution in [0.2, 0.25) is 0 Å². The quantitative estimate of drug-likeness (QED) is 0.582. The molecule has 1 N–H and O–H groups in total. The first-order chi connectivity index (χ1) is 11.2. The van der Waals surface area contributed by atoms with Crippen LogP contribution in [0.15, 0.2) is 47.2 Å². The molecule has 2 rings (SSSR count). The van der Waals surface area contributed by atoms with Gasteiger partial charge in [0.1, 0.15) is 0 Å². The van der Waals surface area contributed by atoms with Crippen LogP contribution in [-0.2, 0) is 0 Å². The molecule has 0 radical (unpaired) electrons. The summed E-state index contributed by atoms with van der Waals surface area (Å²) in [5, 5.41) is 12.6. The Morgan fingerprint density at radius 1 is 0.783 bits per heavy atom. The van der Waals surface area contributed by atoms with E-state index < -0.39 is 5.97 Å². The van der Waals surface area contributed by atoms with Crippen molar-refractivity contribution in [2.45, 2.75) is 62.3 Å². The van der Waals surface area contributed by atoms with Crippen molar-refractivity contribution in [3.8, 4) is 0 Å². The van der Waals surface area contributed by atoms with Gasteiger partial charge < -0.3 is 5.11 Å². The lowest BCUT2D eigenvalue weighted by Crippen LogP contribution is -1.94. The summed E-state index contributed by atoms with van der Waals surface area (Å²) in [5.41, 5.74) is 1.41. The maximum atomic E-state index is 10.3. The molecule has 134 valence electrons. The standard InChI is InChI=1S/C8H8O2.C4H4S.4C2H6/c1-6-2-4-7(5-3-6)8(9)10;1-2-4-5-3-1;4*1-2/h2-5H,1H3,(H,9,10);1-4H;4*1-2H3. The van der Waals surface area contributed by atoms with Crippen LogP contribution in [0.1, 0.15) is 71.3 Å². The lowest BCUT2D eigenvalue weighted by Gasteiger charge is -1.92. The van der Waals surface area contributed by atoms with E-state index >= 15 is 0 Å². The first kappa shape index (κ1) is 29.4. The van der Waals surface area contributed by atoms with Crippen LogP contribution in [0.25, 0.3) is 0 Å². The first-order valence-corrected chi connectivity index (χ1v) is 9.41. The second kappa shape index (κ2) is 28.5. The van der Waals surface area contributed by atoms with Gasteiger partial charge in [0.25, 0.3) is 0 Å². The van der Waals surface area contributed by atoms with E-state index in [9.17, 15) is 4.79 Å². The van der Waals surface area contributed by atoms with Gasteiger partial charge >= 0.3 is 5.97 Å². The van der Waals surface area contributed by atoms with Crippen molar-refractivity contribution in [1.82, 2.24) is 0 Å². The molecule has 1 aromatic carbocycles. The third-order valence-electron chi connectivity index (χ3n) is 1.72. The molecule has 0 saturated heterocycles. The number of carboxylic acid groups (broad SMARTS) is 1. The number of hydrogen-bond donors (Lipinski definition) is 1. The van der Waals surface area contributed by atoms with Gasteiger partial charge in [0, 0.05) is 0 Å². The topological polar surface area (TPSA) is 37.3 Å². The minimum atomic E-state index is -0.875. The molecule has 0 unspecified atom stereocenters.